The molecule has 0 fully saturated rings. The topological polar surface area (TPSA) is 36.8 Å². The first kappa shape index (κ1) is 8.56. The lowest BCUT2D eigenvalue weighted by Crippen LogP contribution is -2.17. The van der Waals surface area contributed by atoms with Crippen LogP contribution in [0.2, 0.25) is 0 Å². The molecule has 0 amide bonds. The number of nitrogens with zero attached hydrogens (tertiary/aromatic N) is 2. The van der Waals surface area contributed by atoms with Crippen molar-refractivity contribution in [1.82, 2.24) is 5.43 Å². The van der Waals surface area contributed by atoms with Crippen LogP contribution >= 0.6 is 11.8 Å². The van der Waals surface area contributed by atoms with Gasteiger partial charge in [-0.25, -0.2) is 0 Å². The molecule has 0 saturated carbocycles. The monoisotopic (exact) mass is 193 g/mol. The molecule has 4 heteroatoms. The van der Waals surface area contributed by atoms with Crippen LogP contribution in [0.25, 0.3) is 0 Å². The maximum Gasteiger partial charge on any atom is 0.113 e. The molecule has 0 bridgehead atoms. The maximum absolute atomic E-state index is 3.87. The highest BCUT2D eigenvalue weighted by atomic mass is 32.2. The highest BCUT2D eigenvalue weighted by Crippen LogP contribution is 2.18. The quantitative estimate of drug-likeness (QED) is 0.799. The van der Waals surface area contributed by atoms with Crippen LogP contribution in [0.5, 0.6) is 0 Å². The van der Waals surface area contributed by atoms with Gasteiger partial charge in [0.25, 0.3) is 0 Å². The summed E-state index contributed by atoms with van der Waals surface area (Å²) in [5.41, 5.74) is 4.30. The Kier molecular flexibility index (Phi) is 2.82. The van der Waals surface area contributed by atoms with Gasteiger partial charge >= 0.3 is 0 Å². The van der Waals surface area contributed by atoms with E-state index in [-0.39, 0.29) is 0 Å². The highest BCUT2D eigenvalue weighted by Gasteiger charge is 2.11. The van der Waals surface area contributed by atoms with E-state index in [0.717, 1.165) is 12.3 Å². The van der Waals surface area contributed by atoms with Crippen molar-refractivity contribution in [3.05, 3.63) is 35.9 Å². The van der Waals surface area contributed by atoms with E-state index in [4.69, 9.17) is 0 Å². The predicted molar refractivity (Wildman–Crippen MR) is 54.4 cm³/mol. The zero-order valence-corrected chi connectivity index (χ0v) is 8.00. The first-order valence-electron chi connectivity index (χ1n) is 4.23. The van der Waals surface area contributed by atoms with Crippen LogP contribution in [0.1, 0.15) is 5.56 Å². The summed E-state index contributed by atoms with van der Waals surface area (Å²) in [5, 5.41) is 7.96. The summed E-state index contributed by atoms with van der Waals surface area (Å²) < 4.78 is 0. The Morgan fingerprint density at radius 3 is 2.92 bits per heavy atom. The predicted octanol–water partition coefficient (Wildman–Crippen LogP) is 2.22. The fraction of sp³-hybridized carbons (Fsp3) is 0.333. The third kappa shape index (κ3) is 2.45. The zero-order valence-electron chi connectivity index (χ0n) is 7.18. The second-order valence-electron chi connectivity index (χ2n) is 2.84. The summed E-state index contributed by atoms with van der Waals surface area (Å²) in [6, 6.07) is 10.4. The number of thioether (sulfide) groups is 1. The average molecular weight is 193 g/mol. The van der Waals surface area contributed by atoms with Crippen LogP contribution in [-0.2, 0) is 5.75 Å². The van der Waals surface area contributed by atoms with E-state index < -0.39 is 0 Å². The molecule has 0 spiro atoms. The van der Waals surface area contributed by atoms with Gasteiger partial charge in [-0.15, -0.1) is 11.8 Å². The molecule has 1 aromatic carbocycles. The van der Waals surface area contributed by atoms with Crippen LogP contribution in [0.4, 0.5) is 0 Å². The normalized spacial score (nSPS) is 20.2. The van der Waals surface area contributed by atoms with Crippen molar-refractivity contribution < 1.29 is 0 Å². The molecule has 0 aromatic heterocycles. The number of nitrogens with one attached hydrogen (secondary N) is 1. The van der Waals surface area contributed by atoms with Gasteiger partial charge in [0.1, 0.15) is 5.37 Å². The number of hydrogen-bond donors (Lipinski definition) is 1. The van der Waals surface area contributed by atoms with E-state index >= 15 is 0 Å². The summed E-state index contributed by atoms with van der Waals surface area (Å²) in [6.45, 7) is 0.789. The fourth-order valence-corrected chi connectivity index (χ4v) is 2.00. The minimum atomic E-state index is 0.361. The Labute approximate surface area is 81.6 Å². The number of hydrogen-bond acceptors (Lipinski definition) is 4. The van der Waals surface area contributed by atoms with Crippen LogP contribution < -0.4 is 5.43 Å². The summed E-state index contributed by atoms with van der Waals surface area (Å²) in [6.07, 6.45) is 0. The van der Waals surface area contributed by atoms with Gasteiger partial charge in [-0.05, 0) is 5.56 Å². The van der Waals surface area contributed by atoms with E-state index in [1.54, 1.807) is 0 Å². The van der Waals surface area contributed by atoms with Crippen molar-refractivity contribution in [3.8, 4) is 0 Å². The first-order chi connectivity index (χ1) is 6.45. The Morgan fingerprint density at radius 2 is 2.23 bits per heavy atom. The Bertz CT molecular complexity index is 278. The number of rotatable bonds is 3. The minimum Gasteiger partial charge on any atom is -0.277 e. The molecular weight excluding hydrogens is 182 g/mol. The lowest BCUT2D eigenvalue weighted by molar-refractivity contribution is 0.782. The van der Waals surface area contributed by atoms with E-state index in [1.807, 2.05) is 17.8 Å². The molecule has 1 aliphatic heterocycles. The molecule has 1 atom stereocenters. The van der Waals surface area contributed by atoms with Gasteiger partial charge in [0.05, 0.1) is 6.54 Å². The van der Waals surface area contributed by atoms with Crippen LogP contribution in [0.15, 0.2) is 40.7 Å². The molecule has 1 heterocycles. The maximum atomic E-state index is 3.87. The standard InChI is InChI=1S/C9H11N3S/c1-2-4-8(5-3-1)7-13-9-6-10-12-11-9/h1-5,9H,6-7H2,(H,10,11). The van der Waals surface area contributed by atoms with Crippen LogP contribution in [0, 0.1) is 0 Å². The molecule has 13 heavy (non-hydrogen) atoms. The van der Waals surface area contributed by atoms with E-state index in [0.29, 0.717) is 5.37 Å². The van der Waals surface area contributed by atoms with Crippen LogP contribution in [0.3, 0.4) is 0 Å². The highest BCUT2D eigenvalue weighted by molar-refractivity contribution is 7.99. The lowest BCUT2D eigenvalue weighted by Gasteiger charge is -2.06. The van der Waals surface area contributed by atoms with Gasteiger partial charge in [0, 0.05) is 5.75 Å². The Hall–Kier alpha value is -1.03. The molecule has 68 valence electrons. The van der Waals surface area contributed by atoms with Gasteiger partial charge in [0.15, 0.2) is 0 Å². The van der Waals surface area contributed by atoms with E-state index in [9.17, 15) is 0 Å². The van der Waals surface area contributed by atoms with Gasteiger partial charge in [-0.3, -0.25) is 5.43 Å². The molecular formula is C9H11N3S. The fourth-order valence-electron chi connectivity index (χ4n) is 1.12. The van der Waals surface area contributed by atoms with Crippen molar-refractivity contribution in [2.75, 3.05) is 6.54 Å². The lowest BCUT2D eigenvalue weighted by atomic mass is 10.2. The largest absolute Gasteiger partial charge is 0.277 e. The van der Waals surface area contributed by atoms with Crippen LogP contribution in [-0.4, -0.2) is 11.9 Å². The van der Waals surface area contributed by atoms with Crippen molar-refractivity contribution in [3.63, 3.8) is 0 Å². The molecule has 0 radical (unpaired) electrons. The van der Waals surface area contributed by atoms with Gasteiger partial charge in [-0.2, -0.15) is 5.11 Å². The molecule has 2 rings (SSSR count). The van der Waals surface area contributed by atoms with Gasteiger partial charge in [-0.1, -0.05) is 35.6 Å². The second kappa shape index (κ2) is 4.28. The molecule has 0 saturated heterocycles. The first-order valence-corrected chi connectivity index (χ1v) is 5.27. The third-order valence-electron chi connectivity index (χ3n) is 1.81. The SMILES string of the molecule is c1ccc(CSC2CN=NN2)cc1. The molecule has 1 aliphatic rings. The molecule has 1 N–H and O–H groups in total. The summed E-state index contributed by atoms with van der Waals surface area (Å²) in [5.74, 6) is 1.02. The average Bonchev–Trinajstić information content (AvgIpc) is 2.69. The molecule has 0 aliphatic carbocycles. The van der Waals surface area contributed by atoms with Crippen molar-refractivity contribution in [1.29, 1.82) is 0 Å². The molecule has 1 unspecified atom stereocenters. The van der Waals surface area contributed by atoms with Crippen molar-refractivity contribution in [2.24, 2.45) is 10.3 Å². The third-order valence-corrected chi connectivity index (χ3v) is 2.97. The number of benzene rings is 1. The molecule has 1 aromatic rings. The smallest absolute Gasteiger partial charge is 0.113 e. The van der Waals surface area contributed by atoms with Gasteiger partial charge < -0.3 is 0 Å². The Morgan fingerprint density at radius 1 is 1.38 bits per heavy atom. The summed E-state index contributed by atoms with van der Waals surface area (Å²) in [4.78, 5) is 0. The Balaban J connectivity index is 1.80. The summed E-state index contributed by atoms with van der Waals surface area (Å²) in [7, 11) is 0. The minimum absolute atomic E-state index is 0.361. The summed E-state index contributed by atoms with van der Waals surface area (Å²) >= 11 is 1.84. The van der Waals surface area contributed by atoms with E-state index in [1.165, 1.54) is 5.56 Å². The zero-order chi connectivity index (χ0) is 8.93. The van der Waals surface area contributed by atoms with Crippen molar-refractivity contribution >= 4 is 11.8 Å². The van der Waals surface area contributed by atoms with Crippen molar-refractivity contribution in [2.45, 2.75) is 11.1 Å². The van der Waals surface area contributed by atoms with Gasteiger partial charge in [0.2, 0.25) is 0 Å². The second-order valence-corrected chi connectivity index (χ2v) is 4.03. The van der Waals surface area contributed by atoms with E-state index in [2.05, 4.69) is 40.0 Å². The molecule has 3 nitrogen and oxygen atoms in total.